The molecule has 7 nitrogen and oxygen atoms in total. The molecule has 7 heteroatoms. The van der Waals surface area contributed by atoms with Crippen molar-refractivity contribution in [3.8, 4) is 0 Å². The molecule has 1 amide bonds. The Kier molecular flexibility index (Phi) is 6.03. The van der Waals surface area contributed by atoms with Crippen molar-refractivity contribution in [3.05, 3.63) is 70.8 Å². The highest BCUT2D eigenvalue weighted by Crippen LogP contribution is 2.19. The van der Waals surface area contributed by atoms with Gasteiger partial charge in [0.05, 0.1) is 6.04 Å². The van der Waals surface area contributed by atoms with Gasteiger partial charge in [0.25, 0.3) is 0 Å². The van der Waals surface area contributed by atoms with Gasteiger partial charge in [-0.15, -0.1) is 5.10 Å². The first-order valence-electron chi connectivity index (χ1n) is 9.24. The molecule has 0 fully saturated rings. The third-order valence-corrected chi connectivity index (χ3v) is 4.71. The monoisotopic (exact) mass is 367 g/mol. The van der Waals surface area contributed by atoms with Crippen LogP contribution < -0.4 is 11.0 Å². The third-order valence-electron chi connectivity index (χ3n) is 4.71. The maximum Gasteiger partial charge on any atom is 0.350 e. The number of carbonyl (C=O) groups excluding carboxylic acids is 1. The van der Waals surface area contributed by atoms with Gasteiger partial charge < -0.3 is 5.32 Å². The molecule has 0 spiro atoms. The highest BCUT2D eigenvalue weighted by molar-refractivity contribution is 5.75. The van der Waals surface area contributed by atoms with Gasteiger partial charge in [0.15, 0.2) is 5.65 Å². The van der Waals surface area contributed by atoms with E-state index in [0.717, 1.165) is 18.7 Å². The summed E-state index contributed by atoms with van der Waals surface area (Å²) in [5.41, 5.74) is 1.37. The molecule has 0 radical (unpaired) electrons. The molecule has 0 saturated heterocycles. The lowest BCUT2D eigenvalue weighted by molar-refractivity contribution is -0.122. The van der Waals surface area contributed by atoms with E-state index in [4.69, 9.17) is 0 Å². The van der Waals surface area contributed by atoms with E-state index in [-0.39, 0.29) is 24.2 Å². The van der Waals surface area contributed by atoms with E-state index in [9.17, 15) is 9.59 Å². The highest BCUT2D eigenvalue weighted by Gasteiger charge is 2.19. The summed E-state index contributed by atoms with van der Waals surface area (Å²) in [5.74, 6) is -0.228. The van der Waals surface area contributed by atoms with Crippen LogP contribution in [0.25, 0.3) is 5.65 Å². The SMILES string of the molecule is CCN(CC)[C@@H](CNC(=O)Cn1nc2ccccn2c1=O)c1ccccc1. The quantitative estimate of drug-likeness (QED) is 0.658. The molecule has 0 bridgehead atoms. The summed E-state index contributed by atoms with van der Waals surface area (Å²) in [6.45, 7) is 6.37. The molecule has 2 heterocycles. The number of pyridine rings is 1. The van der Waals surface area contributed by atoms with Crippen molar-refractivity contribution < 1.29 is 4.79 Å². The van der Waals surface area contributed by atoms with Gasteiger partial charge in [-0.2, -0.15) is 0 Å². The Labute approximate surface area is 158 Å². The number of nitrogens with zero attached hydrogens (tertiary/aromatic N) is 4. The largest absolute Gasteiger partial charge is 0.353 e. The van der Waals surface area contributed by atoms with Crippen LogP contribution in [0, 0.1) is 0 Å². The van der Waals surface area contributed by atoms with Crippen molar-refractivity contribution in [2.45, 2.75) is 26.4 Å². The minimum Gasteiger partial charge on any atom is -0.353 e. The average Bonchev–Trinajstić information content (AvgIpc) is 3.01. The number of likely N-dealkylation sites (N-methyl/N-ethyl adjacent to an activating group) is 1. The summed E-state index contributed by atoms with van der Waals surface area (Å²) in [6.07, 6.45) is 1.64. The molecule has 0 unspecified atom stereocenters. The zero-order valence-electron chi connectivity index (χ0n) is 15.7. The molecule has 3 rings (SSSR count). The number of aromatic nitrogens is 3. The first kappa shape index (κ1) is 18.8. The molecular weight excluding hydrogens is 342 g/mol. The lowest BCUT2D eigenvalue weighted by Gasteiger charge is -2.30. The Balaban J connectivity index is 1.70. The van der Waals surface area contributed by atoms with Gasteiger partial charge in [-0.25, -0.2) is 9.48 Å². The molecule has 0 aliphatic rings. The second-order valence-corrected chi connectivity index (χ2v) is 6.32. The smallest absolute Gasteiger partial charge is 0.350 e. The van der Waals surface area contributed by atoms with Crippen molar-refractivity contribution >= 4 is 11.6 Å². The Morgan fingerprint density at radius 1 is 1.11 bits per heavy atom. The number of amides is 1. The average molecular weight is 367 g/mol. The van der Waals surface area contributed by atoms with Gasteiger partial charge in [0.1, 0.15) is 6.54 Å². The number of rotatable bonds is 8. The van der Waals surface area contributed by atoms with Crippen molar-refractivity contribution in [3.63, 3.8) is 0 Å². The van der Waals surface area contributed by atoms with Crippen molar-refractivity contribution in [2.24, 2.45) is 0 Å². The fraction of sp³-hybridized carbons (Fsp3) is 0.350. The summed E-state index contributed by atoms with van der Waals surface area (Å²) in [6, 6.07) is 15.5. The van der Waals surface area contributed by atoms with Gasteiger partial charge >= 0.3 is 5.69 Å². The van der Waals surface area contributed by atoms with E-state index in [1.807, 2.05) is 18.2 Å². The van der Waals surface area contributed by atoms with Crippen LogP contribution in [0.4, 0.5) is 0 Å². The summed E-state index contributed by atoms with van der Waals surface area (Å²) in [4.78, 5) is 27.0. The first-order valence-corrected chi connectivity index (χ1v) is 9.24. The van der Waals surface area contributed by atoms with Gasteiger partial charge in [-0.05, 0) is 30.8 Å². The Bertz CT molecular complexity index is 944. The zero-order chi connectivity index (χ0) is 19.2. The normalized spacial score (nSPS) is 12.4. The van der Waals surface area contributed by atoms with Crippen LogP contribution in [0.3, 0.4) is 0 Å². The molecule has 2 aromatic heterocycles. The molecule has 0 saturated carbocycles. The van der Waals surface area contributed by atoms with Crippen LogP contribution in [-0.2, 0) is 11.3 Å². The number of carbonyl (C=O) groups is 1. The maximum atomic E-state index is 12.4. The Morgan fingerprint density at radius 3 is 2.48 bits per heavy atom. The molecule has 0 aliphatic heterocycles. The van der Waals surface area contributed by atoms with E-state index in [0.29, 0.717) is 12.2 Å². The minimum absolute atomic E-state index is 0.0861. The standard InChI is InChI=1S/C20H25N5O2/c1-3-23(4-2)17(16-10-6-5-7-11-16)14-21-19(26)15-25-20(27)24-13-9-8-12-18(24)22-25/h5-13,17H,3-4,14-15H2,1-2H3,(H,21,26)/t17-/m0/s1. The van der Waals surface area contributed by atoms with Crippen LogP contribution in [0.1, 0.15) is 25.5 Å². The zero-order valence-corrected chi connectivity index (χ0v) is 15.7. The topological polar surface area (TPSA) is 71.6 Å². The van der Waals surface area contributed by atoms with Gasteiger partial charge in [-0.1, -0.05) is 50.2 Å². The van der Waals surface area contributed by atoms with E-state index in [1.54, 1.807) is 24.4 Å². The third kappa shape index (κ3) is 4.25. The lowest BCUT2D eigenvalue weighted by atomic mass is 10.1. The predicted octanol–water partition coefficient (Wildman–Crippen LogP) is 1.70. The molecule has 3 aromatic rings. The fourth-order valence-electron chi connectivity index (χ4n) is 3.27. The number of benzene rings is 1. The van der Waals surface area contributed by atoms with Gasteiger partial charge in [0.2, 0.25) is 5.91 Å². The molecule has 1 aromatic carbocycles. The van der Waals surface area contributed by atoms with Crippen molar-refractivity contribution in [1.29, 1.82) is 0 Å². The second kappa shape index (κ2) is 8.64. The fourth-order valence-corrected chi connectivity index (χ4v) is 3.27. The number of hydrogen-bond acceptors (Lipinski definition) is 4. The van der Waals surface area contributed by atoms with Gasteiger partial charge in [-0.3, -0.25) is 14.1 Å². The summed E-state index contributed by atoms with van der Waals surface area (Å²) in [7, 11) is 0. The Hall–Kier alpha value is -2.93. The van der Waals surface area contributed by atoms with Crippen molar-refractivity contribution in [1.82, 2.24) is 24.4 Å². The summed E-state index contributed by atoms with van der Waals surface area (Å²) < 4.78 is 2.62. The predicted molar refractivity (Wildman–Crippen MR) is 105 cm³/mol. The van der Waals surface area contributed by atoms with E-state index in [1.165, 1.54) is 9.08 Å². The molecule has 27 heavy (non-hydrogen) atoms. The number of hydrogen-bond donors (Lipinski definition) is 1. The van der Waals surface area contributed by atoms with Crippen LogP contribution in [0.5, 0.6) is 0 Å². The van der Waals surface area contributed by atoms with Crippen molar-refractivity contribution in [2.75, 3.05) is 19.6 Å². The van der Waals surface area contributed by atoms with Crippen LogP contribution in [-0.4, -0.2) is 44.6 Å². The van der Waals surface area contributed by atoms with E-state index < -0.39 is 0 Å². The summed E-state index contributed by atoms with van der Waals surface area (Å²) in [5, 5.41) is 7.16. The first-order chi connectivity index (χ1) is 13.1. The lowest BCUT2D eigenvalue weighted by Crippen LogP contribution is -2.40. The Morgan fingerprint density at radius 2 is 1.81 bits per heavy atom. The molecule has 142 valence electrons. The molecule has 0 aliphatic carbocycles. The number of nitrogens with one attached hydrogen (secondary N) is 1. The maximum absolute atomic E-state index is 12.4. The minimum atomic E-state index is -0.316. The summed E-state index contributed by atoms with van der Waals surface area (Å²) >= 11 is 0. The van der Waals surface area contributed by atoms with E-state index in [2.05, 4.69) is 41.3 Å². The van der Waals surface area contributed by atoms with Crippen LogP contribution in [0.2, 0.25) is 0 Å². The van der Waals surface area contributed by atoms with Gasteiger partial charge in [0, 0.05) is 12.7 Å². The highest BCUT2D eigenvalue weighted by atomic mass is 16.2. The molecular formula is C20H25N5O2. The van der Waals surface area contributed by atoms with Crippen LogP contribution in [0.15, 0.2) is 59.5 Å². The van der Waals surface area contributed by atoms with E-state index >= 15 is 0 Å². The van der Waals surface area contributed by atoms with Crippen LogP contribution >= 0.6 is 0 Å². The molecule has 1 N–H and O–H groups in total. The molecule has 1 atom stereocenters. The number of fused-ring (bicyclic) bond motifs is 1. The second-order valence-electron chi connectivity index (χ2n) is 6.32.